The van der Waals surface area contributed by atoms with Crippen LogP contribution in [0.25, 0.3) is 0 Å². The molecule has 0 bridgehead atoms. The van der Waals surface area contributed by atoms with E-state index in [4.69, 9.17) is 9.47 Å². The van der Waals surface area contributed by atoms with Gasteiger partial charge >= 0.3 is 0 Å². The maximum absolute atomic E-state index is 11.7. The highest BCUT2D eigenvalue weighted by atomic mass is 16.5. The SMILES string of the molecule is COc1ccc(OCC(=O)NC2(CO)CCC2)cc1. The van der Waals surface area contributed by atoms with Crippen LogP contribution in [-0.4, -0.2) is 36.9 Å². The second-order valence-electron chi connectivity index (χ2n) is 4.80. The summed E-state index contributed by atoms with van der Waals surface area (Å²) in [6, 6.07) is 7.04. The summed E-state index contributed by atoms with van der Waals surface area (Å²) in [6.45, 7) is -0.0602. The minimum absolute atomic E-state index is 0.0126. The average molecular weight is 265 g/mol. The third-order valence-corrected chi connectivity index (χ3v) is 3.45. The molecule has 0 saturated heterocycles. The number of amides is 1. The number of nitrogens with one attached hydrogen (secondary N) is 1. The van der Waals surface area contributed by atoms with Crippen LogP contribution in [-0.2, 0) is 4.79 Å². The molecule has 0 atom stereocenters. The Balaban J connectivity index is 1.79. The summed E-state index contributed by atoms with van der Waals surface area (Å²) in [5, 5.41) is 12.1. The first-order valence-corrected chi connectivity index (χ1v) is 6.36. The average Bonchev–Trinajstić information content (AvgIpc) is 2.41. The Bertz CT molecular complexity index is 420. The molecule has 2 N–H and O–H groups in total. The lowest BCUT2D eigenvalue weighted by Gasteiger charge is -2.40. The summed E-state index contributed by atoms with van der Waals surface area (Å²) < 4.78 is 10.4. The van der Waals surface area contributed by atoms with Crippen molar-refractivity contribution in [2.45, 2.75) is 24.8 Å². The van der Waals surface area contributed by atoms with Crippen molar-refractivity contribution in [1.82, 2.24) is 5.32 Å². The smallest absolute Gasteiger partial charge is 0.258 e. The van der Waals surface area contributed by atoms with Crippen molar-refractivity contribution < 1.29 is 19.4 Å². The maximum Gasteiger partial charge on any atom is 0.258 e. The van der Waals surface area contributed by atoms with Gasteiger partial charge in [0, 0.05) is 0 Å². The predicted octanol–water partition coefficient (Wildman–Crippen LogP) is 1.11. The molecule has 0 aliphatic heterocycles. The third kappa shape index (κ3) is 3.38. The molecule has 104 valence electrons. The number of rotatable bonds is 6. The summed E-state index contributed by atoms with van der Waals surface area (Å²) >= 11 is 0. The van der Waals surface area contributed by atoms with Crippen LogP contribution in [0.5, 0.6) is 11.5 Å². The van der Waals surface area contributed by atoms with Gasteiger partial charge in [0.2, 0.25) is 0 Å². The molecular formula is C14H19NO4. The van der Waals surface area contributed by atoms with E-state index >= 15 is 0 Å². The molecule has 0 radical (unpaired) electrons. The van der Waals surface area contributed by atoms with E-state index in [2.05, 4.69) is 5.32 Å². The van der Waals surface area contributed by atoms with Gasteiger partial charge in [-0.05, 0) is 43.5 Å². The van der Waals surface area contributed by atoms with E-state index < -0.39 is 5.54 Å². The minimum Gasteiger partial charge on any atom is -0.497 e. The quantitative estimate of drug-likeness (QED) is 0.808. The Morgan fingerprint density at radius 3 is 2.42 bits per heavy atom. The van der Waals surface area contributed by atoms with E-state index in [9.17, 15) is 9.90 Å². The number of ether oxygens (including phenoxy) is 2. The molecule has 0 heterocycles. The van der Waals surface area contributed by atoms with E-state index in [1.165, 1.54) is 0 Å². The zero-order valence-electron chi connectivity index (χ0n) is 11.0. The molecular weight excluding hydrogens is 246 g/mol. The highest BCUT2D eigenvalue weighted by molar-refractivity contribution is 5.78. The molecule has 5 heteroatoms. The molecule has 1 amide bonds. The van der Waals surface area contributed by atoms with Gasteiger partial charge in [-0.1, -0.05) is 0 Å². The van der Waals surface area contributed by atoms with Crippen molar-refractivity contribution in [2.24, 2.45) is 0 Å². The van der Waals surface area contributed by atoms with Gasteiger partial charge in [0.25, 0.3) is 5.91 Å². The molecule has 1 aliphatic rings. The summed E-state index contributed by atoms with van der Waals surface area (Å²) in [4.78, 5) is 11.7. The van der Waals surface area contributed by atoms with Crippen molar-refractivity contribution in [1.29, 1.82) is 0 Å². The zero-order chi connectivity index (χ0) is 13.7. The van der Waals surface area contributed by atoms with Crippen molar-refractivity contribution in [3.63, 3.8) is 0 Å². The topological polar surface area (TPSA) is 67.8 Å². The number of methoxy groups -OCH3 is 1. The van der Waals surface area contributed by atoms with Gasteiger partial charge in [-0.3, -0.25) is 4.79 Å². The number of carbonyl (C=O) groups excluding carboxylic acids is 1. The zero-order valence-corrected chi connectivity index (χ0v) is 11.0. The Kier molecular flexibility index (Phi) is 4.27. The van der Waals surface area contributed by atoms with E-state index in [0.29, 0.717) is 5.75 Å². The molecule has 1 aromatic carbocycles. The number of hydrogen-bond donors (Lipinski definition) is 2. The molecule has 1 fully saturated rings. The number of aliphatic hydroxyl groups is 1. The highest BCUT2D eigenvalue weighted by Crippen LogP contribution is 2.31. The van der Waals surface area contributed by atoms with Crippen LogP contribution >= 0.6 is 0 Å². The number of hydrogen-bond acceptors (Lipinski definition) is 4. The van der Waals surface area contributed by atoms with Gasteiger partial charge in [0.05, 0.1) is 19.3 Å². The van der Waals surface area contributed by atoms with Gasteiger partial charge in [-0.25, -0.2) is 0 Å². The van der Waals surface area contributed by atoms with Crippen LogP contribution in [0.1, 0.15) is 19.3 Å². The molecule has 1 aliphatic carbocycles. The fourth-order valence-electron chi connectivity index (χ4n) is 2.08. The lowest BCUT2D eigenvalue weighted by molar-refractivity contribution is -0.127. The van der Waals surface area contributed by atoms with Crippen LogP contribution in [0.2, 0.25) is 0 Å². The molecule has 1 aromatic rings. The lowest BCUT2D eigenvalue weighted by Crippen LogP contribution is -2.57. The van der Waals surface area contributed by atoms with Gasteiger partial charge in [0.15, 0.2) is 6.61 Å². The fraction of sp³-hybridized carbons (Fsp3) is 0.500. The van der Waals surface area contributed by atoms with Crippen molar-refractivity contribution >= 4 is 5.91 Å². The second-order valence-corrected chi connectivity index (χ2v) is 4.80. The van der Waals surface area contributed by atoms with E-state index in [-0.39, 0.29) is 19.1 Å². The molecule has 0 unspecified atom stereocenters. The van der Waals surface area contributed by atoms with Crippen LogP contribution < -0.4 is 14.8 Å². The Morgan fingerprint density at radius 1 is 1.32 bits per heavy atom. The molecule has 2 rings (SSSR count). The molecule has 1 saturated carbocycles. The lowest BCUT2D eigenvalue weighted by atomic mass is 9.77. The van der Waals surface area contributed by atoms with Gasteiger partial charge < -0.3 is 19.9 Å². The summed E-state index contributed by atoms with van der Waals surface area (Å²) in [5.41, 5.74) is -0.416. The molecule has 0 aromatic heterocycles. The molecule has 5 nitrogen and oxygen atoms in total. The Hall–Kier alpha value is -1.75. The summed E-state index contributed by atoms with van der Waals surface area (Å²) in [7, 11) is 1.59. The highest BCUT2D eigenvalue weighted by Gasteiger charge is 2.37. The van der Waals surface area contributed by atoms with Gasteiger partial charge in [-0.15, -0.1) is 0 Å². The van der Waals surface area contributed by atoms with Crippen LogP contribution in [0, 0.1) is 0 Å². The molecule has 0 spiro atoms. The van der Waals surface area contributed by atoms with Gasteiger partial charge in [-0.2, -0.15) is 0 Å². The first-order chi connectivity index (χ1) is 9.17. The first kappa shape index (κ1) is 13.7. The van der Waals surface area contributed by atoms with Crippen LogP contribution in [0.3, 0.4) is 0 Å². The number of benzene rings is 1. The Morgan fingerprint density at radius 2 is 1.95 bits per heavy atom. The second kappa shape index (κ2) is 5.93. The minimum atomic E-state index is -0.416. The standard InChI is InChI=1S/C14H19NO4/c1-18-11-3-5-12(6-4-11)19-9-13(17)15-14(10-16)7-2-8-14/h3-6,16H,2,7-10H2,1H3,(H,15,17). The van der Waals surface area contributed by atoms with E-state index in [0.717, 1.165) is 25.0 Å². The van der Waals surface area contributed by atoms with Crippen molar-refractivity contribution in [3.05, 3.63) is 24.3 Å². The third-order valence-electron chi connectivity index (χ3n) is 3.45. The Labute approximate surface area is 112 Å². The molecule has 19 heavy (non-hydrogen) atoms. The largest absolute Gasteiger partial charge is 0.497 e. The van der Waals surface area contributed by atoms with Crippen LogP contribution in [0.4, 0.5) is 0 Å². The van der Waals surface area contributed by atoms with Crippen molar-refractivity contribution in [3.8, 4) is 11.5 Å². The van der Waals surface area contributed by atoms with E-state index in [1.54, 1.807) is 31.4 Å². The summed E-state index contributed by atoms with van der Waals surface area (Å²) in [5.74, 6) is 1.15. The van der Waals surface area contributed by atoms with E-state index in [1.807, 2.05) is 0 Å². The fourth-order valence-corrected chi connectivity index (χ4v) is 2.08. The van der Waals surface area contributed by atoms with Crippen molar-refractivity contribution in [2.75, 3.05) is 20.3 Å². The number of aliphatic hydroxyl groups excluding tert-OH is 1. The maximum atomic E-state index is 11.7. The number of carbonyl (C=O) groups is 1. The summed E-state index contributed by atoms with van der Waals surface area (Å²) in [6.07, 6.45) is 2.70. The first-order valence-electron chi connectivity index (χ1n) is 6.36. The van der Waals surface area contributed by atoms with Crippen LogP contribution in [0.15, 0.2) is 24.3 Å². The monoisotopic (exact) mass is 265 g/mol. The van der Waals surface area contributed by atoms with Gasteiger partial charge in [0.1, 0.15) is 11.5 Å². The normalized spacial score (nSPS) is 16.3. The predicted molar refractivity (Wildman–Crippen MR) is 70.3 cm³/mol.